The van der Waals surface area contributed by atoms with Crippen LogP contribution >= 0.6 is 23.2 Å². The highest BCUT2D eigenvalue weighted by molar-refractivity contribution is 6.42. The lowest BCUT2D eigenvalue weighted by Crippen LogP contribution is -2.49. The smallest absolute Gasteiger partial charge is 0.253 e. The molecule has 7 heteroatoms. The second-order valence-electron chi connectivity index (χ2n) is 12.6. The van der Waals surface area contributed by atoms with Gasteiger partial charge in [0, 0.05) is 36.8 Å². The number of benzene rings is 3. The van der Waals surface area contributed by atoms with Crippen molar-refractivity contribution in [2.75, 3.05) is 19.6 Å². The van der Waals surface area contributed by atoms with Crippen molar-refractivity contribution >= 4 is 40.1 Å². The standard InChI is InChI=1S/C35H38Cl2N4O/c1-24-38-32-9-5-6-10-33(32)41(24)29-22-27-12-13-28(23-29)40(27)20-17-35(26-11-14-30(36)31(37)21-26)15-18-39(19-16-35)34(42)25-7-3-2-4-8-25/h2-11,14,21,27-29H,12-13,15-20,22-23H2,1H3/t27-,28-/m1/s1. The Morgan fingerprint density at radius 3 is 2.29 bits per heavy atom. The summed E-state index contributed by atoms with van der Waals surface area (Å²) in [5.41, 5.74) is 4.36. The lowest BCUT2D eigenvalue weighted by Gasteiger charge is -2.45. The van der Waals surface area contributed by atoms with Crippen molar-refractivity contribution in [3.05, 3.63) is 99.8 Å². The Hall–Kier alpha value is -2.86. The van der Waals surface area contributed by atoms with Crippen LogP contribution < -0.4 is 0 Å². The van der Waals surface area contributed by atoms with Gasteiger partial charge in [-0.2, -0.15) is 0 Å². The molecule has 5 nitrogen and oxygen atoms in total. The van der Waals surface area contributed by atoms with E-state index in [0.717, 1.165) is 55.8 Å². The molecule has 0 spiro atoms. The van der Waals surface area contributed by atoms with Crippen LogP contribution in [0.15, 0.2) is 72.8 Å². The monoisotopic (exact) mass is 600 g/mol. The Kier molecular flexibility index (Phi) is 7.54. The molecule has 218 valence electrons. The average Bonchev–Trinajstić information content (AvgIpc) is 3.48. The summed E-state index contributed by atoms with van der Waals surface area (Å²) in [6.45, 7) is 4.72. The van der Waals surface area contributed by atoms with Crippen LogP contribution in [0.25, 0.3) is 11.0 Å². The minimum Gasteiger partial charge on any atom is -0.339 e. The fourth-order valence-corrected chi connectivity index (χ4v) is 8.50. The predicted molar refractivity (Wildman–Crippen MR) is 171 cm³/mol. The van der Waals surface area contributed by atoms with Gasteiger partial charge >= 0.3 is 0 Å². The van der Waals surface area contributed by atoms with E-state index in [-0.39, 0.29) is 11.3 Å². The molecule has 3 aliphatic rings. The van der Waals surface area contributed by atoms with Crippen molar-refractivity contribution in [1.82, 2.24) is 19.4 Å². The van der Waals surface area contributed by atoms with Crippen molar-refractivity contribution in [3.63, 3.8) is 0 Å². The van der Waals surface area contributed by atoms with E-state index in [1.165, 1.54) is 36.8 Å². The van der Waals surface area contributed by atoms with Gasteiger partial charge in [-0.05, 0) is 106 Å². The third-order valence-corrected chi connectivity index (χ3v) is 11.1. The first-order valence-electron chi connectivity index (χ1n) is 15.4. The minimum atomic E-state index is -0.0326. The number of hydrogen-bond acceptors (Lipinski definition) is 3. The molecule has 1 amide bonds. The third kappa shape index (κ3) is 5.04. The number of carbonyl (C=O) groups excluding carboxylic acids is 1. The maximum atomic E-state index is 13.3. The molecule has 4 heterocycles. The van der Waals surface area contributed by atoms with Crippen molar-refractivity contribution in [1.29, 1.82) is 0 Å². The van der Waals surface area contributed by atoms with Gasteiger partial charge < -0.3 is 9.47 Å². The summed E-state index contributed by atoms with van der Waals surface area (Å²) in [5.74, 6) is 1.25. The number of aryl methyl sites for hydroxylation is 1. The maximum Gasteiger partial charge on any atom is 0.253 e. The van der Waals surface area contributed by atoms with Crippen molar-refractivity contribution in [2.24, 2.45) is 0 Å². The lowest BCUT2D eigenvalue weighted by atomic mass is 9.70. The molecule has 0 N–H and O–H groups in total. The van der Waals surface area contributed by atoms with Gasteiger partial charge in [0.25, 0.3) is 5.91 Å². The highest BCUT2D eigenvalue weighted by Gasteiger charge is 2.44. The molecule has 0 unspecified atom stereocenters. The van der Waals surface area contributed by atoms with Gasteiger partial charge in [-0.3, -0.25) is 9.69 Å². The fraction of sp³-hybridized carbons (Fsp3) is 0.429. The van der Waals surface area contributed by atoms with E-state index < -0.39 is 0 Å². The molecule has 3 aromatic carbocycles. The Morgan fingerprint density at radius 2 is 1.57 bits per heavy atom. The fourth-order valence-electron chi connectivity index (χ4n) is 8.20. The number of carbonyl (C=O) groups is 1. The second-order valence-corrected chi connectivity index (χ2v) is 13.4. The zero-order valence-electron chi connectivity index (χ0n) is 24.2. The Balaban J connectivity index is 1.09. The number of para-hydroxylation sites is 2. The van der Waals surface area contributed by atoms with Crippen molar-refractivity contribution in [3.8, 4) is 0 Å². The molecule has 3 saturated heterocycles. The predicted octanol–water partition coefficient (Wildman–Crippen LogP) is 8.08. The number of hydrogen-bond donors (Lipinski definition) is 0. The highest BCUT2D eigenvalue weighted by Crippen LogP contribution is 2.45. The summed E-state index contributed by atoms with van der Waals surface area (Å²) in [6.07, 6.45) is 7.81. The van der Waals surface area contributed by atoms with E-state index in [1.54, 1.807) is 0 Å². The van der Waals surface area contributed by atoms with Crippen LogP contribution in [0.5, 0.6) is 0 Å². The molecular formula is C35H38Cl2N4O. The molecule has 1 aromatic heterocycles. The number of aromatic nitrogens is 2. The van der Waals surface area contributed by atoms with E-state index in [2.05, 4.69) is 52.8 Å². The van der Waals surface area contributed by atoms with Crippen LogP contribution in [-0.4, -0.2) is 57.0 Å². The molecule has 7 rings (SSSR count). The van der Waals surface area contributed by atoms with Crippen molar-refractivity contribution < 1.29 is 4.79 Å². The Labute approximate surface area is 258 Å². The summed E-state index contributed by atoms with van der Waals surface area (Å²) >= 11 is 12.9. The third-order valence-electron chi connectivity index (χ3n) is 10.4. The van der Waals surface area contributed by atoms with Crippen LogP contribution in [0.2, 0.25) is 10.0 Å². The van der Waals surface area contributed by atoms with E-state index >= 15 is 0 Å². The van der Waals surface area contributed by atoms with Crippen LogP contribution in [0.1, 0.15) is 72.7 Å². The summed E-state index contributed by atoms with van der Waals surface area (Å²) < 4.78 is 2.51. The molecular weight excluding hydrogens is 563 g/mol. The molecule has 2 atom stereocenters. The van der Waals surface area contributed by atoms with Gasteiger partial charge in [-0.25, -0.2) is 4.98 Å². The zero-order chi connectivity index (χ0) is 28.8. The molecule has 3 fully saturated rings. The molecule has 0 aliphatic carbocycles. The van der Waals surface area contributed by atoms with Gasteiger partial charge in [0.15, 0.2) is 0 Å². The number of nitrogens with zero attached hydrogens (tertiary/aromatic N) is 4. The number of fused-ring (bicyclic) bond motifs is 3. The van der Waals surface area contributed by atoms with Crippen LogP contribution in [0.4, 0.5) is 0 Å². The molecule has 4 aromatic rings. The van der Waals surface area contributed by atoms with Gasteiger partial charge in [-0.15, -0.1) is 0 Å². The maximum absolute atomic E-state index is 13.3. The second kappa shape index (κ2) is 11.3. The SMILES string of the molecule is Cc1nc2ccccc2n1C1C[C@H]2CC[C@H](C1)N2CCC1(c2ccc(Cl)c(Cl)c2)CCN(C(=O)c2ccccc2)CC1. The quantitative estimate of drug-likeness (QED) is 0.224. The number of halogens is 2. The normalized spacial score (nSPS) is 23.9. The summed E-state index contributed by atoms with van der Waals surface area (Å²) in [7, 11) is 0. The first-order chi connectivity index (χ1) is 20.4. The Bertz CT molecular complexity index is 1580. The van der Waals surface area contributed by atoms with Gasteiger partial charge in [0.1, 0.15) is 5.82 Å². The van der Waals surface area contributed by atoms with Gasteiger partial charge in [0.2, 0.25) is 0 Å². The zero-order valence-corrected chi connectivity index (χ0v) is 25.7. The molecule has 2 bridgehead atoms. The largest absolute Gasteiger partial charge is 0.339 e. The number of likely N-dealkylation sites (tertiary alicyclic amines) is 1. The highest BCUT2D eigenvalue weighted by atomic mass is 35.5. The van der Waals surface area contributed by atoms with E-state index in [9.17, 15) is 4.79 Å². The average molecular weight is 602 g/mol. The first-order valence-corrected chi connectivity index (χ1v) is 16.2. The number of piperidine rings is 2. The van der Waals surface area contributed by atoms with Crippen LogP contribution in [0, 0.1) is 6.92 Å². The number of rotatable bonds is 6. The van der Waals surface area contributed by atoms with Gasteiger partial charge in [-0.1, -0.05) is 59.6 Å². The van der Waals surface area contributed by atoms with E-state index in [4.69, 9.17) is 28.2 Å². The van der Waals surface area contributed by atoms with Crippen LogP contribution in [0.3, 0.4) is 0 Å². The minimum absolute atomic E-state index is 0.0326. The van der Waals surface area contributed by atoms with Crippen molar-refractivity contribution in [2.45, 2.75) is 75.4 Å². The van der Waals surface area contributed by atoms with E-state index in [0.29, 0.717) is 28.2 Å². The topological polar surface area (TPSA) is 41.4 Å². The number of imidazole rings is 1. The number of amides is 1. The first kappa shape index (κ1) is 27.9. The van der Waals surface area contributed by atoms with E-state index in [1.807, 2.05) is 41.3 Å². The molecule has 0 saturated carbocycles. The van der Waals surface area contributed by atoms with Crippen LogP contribution in [-0.2, 0) is 5.41 Å². The Morgan fingerprint density at radius 1 is 0.881 bits per heavy atom. The summed E-state index contributed by atoms with van der Waals surface area (Å²) in [5, 5.41) is 1.20. The summed E-state index contributed by atoms with van der Waals surface area (Å²) in [6, 6.07) is 26.1. The lowest BCUT2D eigenvalue weighted by molar-refractivity contribution is 0.0607. The van der Waals surface area contributed by atoms with Gasteiger partial charge in [0.05, 0.1) is 21.1 Å². The molecule has 3 aliphatic heterocycles. The molecule has 42 heavy (non-hydrogen) atoms. The molecule has 0 radical (unpaired) electrons. The summed E-state index contributed by atoms with van der Waals surface area (Å²) in [4.78, 5) is 23.0.